The molecule has 108 heavy (non-hydrogen) atoms. The number of hydrogen-bond donors (Lipinski definition) is 0. The van der Waals surface area contributed by atoms with Crippen LogP contribution in [0.4, 0.5) is 0 Å². The molecule has 31 rings (SSSR count). The number of rotatable bonds is 0. The number of hydrogen-bond acceptors (Lipinski definition) is 30. The SMILES string of the molecule is c1cc2nc3ccc4nc5c6nc7ccc8nc9ccc%10nc%11ccc%12nc%13c%14nc%15ccc%16nc%17ccc%18nc%19ccc%20nc%21c%22nc%23ccc%24nc1c1nc%24c%23nc%22c%22nc%23c%24nc%22c%21nc%20c%19nc%18c%17nc%16c%15nc%14c%14nc%24c%15nc%14c%13nc%12c%11nc%10c9nc8c7nc6c6nc%15c%23nc6c5nc4c3nc21. The van der Waals surface area contributed by atoms with Crippen LogP contribution in [0.1, 0.15) is 0 Å². The van der Waals surface area contributed by atoms with E-state index in [2.05, 4.69) is 0 Å². The van der Waals surface area contributed by atoms with Gasteiger partial charge in [0.2, 0.25) is 0 Å². The van der Waals surface area contributed by atoms with Gasteiger partial charge in [0.25, 0.3) is 0 Å². The average Bonchev–Trinajstić information content (AvgIpc) is 0.690. The fourth-order valence-electron chi connectivity index (χ4n) is 17.4. The predicted molar refractivity (Wildman–Crippen MR) is 406 cm³/mol. The molecule has 0 atom stereocenters. The molecule has 18 heterocycles. The van der Waals surface area contributed by atoms with E-state index in [9.17, 15) is 0 Å². The maximum atomic E-state index is 5.86. The van der Waals surface area contributed by atoms with E-state index >= 15 is 0 Å². The Kier molecular flexibility index (Phi) is 7.73. The Bertz CT molecular complexity index is 8410. The summed E-state index contributed by atoms with van der Waals surface area (Å²) in [4.78, 5) is 167. The molecule has 0 unspecified atom stereocenters. The summed E-state index contributed by atoms with van der Waals surface area (Å²) in [5, 5.41) is 0. The maximum Gasteiger partial charge on any atom is 0.120 e. The Hall–Kier alpha value is -16.1. The van der Waals surface area contributed by atoms with Crippen LogP contribution >= 0.6 is 0 Å². The highest BCUT2D eigenvalue weighted by Crippen LogP contribution is 2.45. The second-order valence-electron chi connectivity index (χ2n) is 27.9. The van der Waals surface area contributed by atoms with Gasteiger partial charge in [-0.3, -0.25) is 0 Å². The second kappa shape index (κ2) is 16.3. The smallest absolute Gasteiger partial charge is 0.120 e. The topological polar surface area (TPSA) is 387 Å². The molecule has 30 nitrogen and oxygen atoms in total. The molecule has 0 spiro atoms. The molecule has 0 aliphatic carbocycles. The standard InChI is InChI=1S/C78H18N30/c1-2-20-38-37-19(1)79-25-7-13-31-49(43(25)91-37)97-61-55(85-31)56-63-69-67(61)103-73-74-76-78-77(75(73)105-69)107-71-65-59(89-35-17-11-29-47(53(35)101-65)95-40-22(83-29)4-3-21-39(40)93-45-27(81-21)9-15-33(87-56)51(45)99-63)60-66(72(71)108-78)102-54-36(90-60)18-12-30-48(54)96-42-24(84-30)6-5-23-41(42)94-46-28(82-23)10-16-34-52(46)100-64-58(88-34)57-62(68(104-74)70(64)106-76)98-50-32(86-57)14-8-26(80-20)44(50)92-38/h1-18H. The normalized spacial score (nSPS) is 13.6. The van der Waals surface area contributed by atoms with E-state index in [0.29, 0.717) is 265 Å². The van der Waals surface area contributed by atoms with Gasteiger partial charge in [-0.25, -0.2) is 150 Å². The van der Waals surface area contributed by atoms with Gasteiger partial charge in [-0.05, 0) is 109 Å². The molecule has 0 saturated heterocycles. The van der Waals surface area contributed by atoms with E-state index in [-0.39, 0.29) is 66.2 Å². The summed E-state index contributed by atoms with van der Waals surface area (Å²) in [5.74, 6) is 0. The first-order chi connectivity index (χ1) is 53.3. The van der Waals surface area contributed by atoms with Crippen LogP contribution < -0.4 is 0 Å². The van der Waals surface area contributed by atoms with Crippen molar-refractivity contribution in [2.75, 3.05) is 0 Å². The minimum Gasteiger partial charge on any atom is -0.244 e. The molecule has 30 heteroatoms. The fraction of sp³-hybridized carbons (Fsp3) is 0. The molecule has 0 N–H and O–H groups in total. The molecular weight excluding hydrogens is 1360 g/mol. The summed E-state index contributed by atoms with van der Waals surface area (Å²) in [6, 6.07) is 34.1. The molecule has 0 radical (unpaired) electrons. The monoisotopic (exact) mass is 1370 g/mol. The number of benzene rings is 13. The van der Waals surface area contributed by atoms with Crippen LogP contribution in [0.15, 0.2) is 109 Å². The lowest BCUT2D eigenvalue weighted by Crippen LogP contribution is -2.05. The lowest BCUT2D eigenvalue weighted by molar-refractivity contribution is 1.30. The van der Waals surface area contributed by atoms with Gasteiger partial charge >= 0.3 is 0 Å². The van der Waals surface area contributed by atoms with Crippen molar-refractivity contribution in [3.05, 3.63) is 109 Å². The Balaban J connectivity index is 0.901. The second-order valence-corrected chi connectivity index (χ2v) is 27.9. The third kappa shape index (κ3) is 5.70. The van der Waals surface area contributed by atoms with E-state index in [1.165, 1.54) is 0 Å². The molecule has 36 bridgehead atoms. The van der Waals surface area contributed by atoms with Crippen LogP contribution in [0.3, 0.4) is 0 Å². The van der Waals surface area contributed by atoms with Gasteiger partial charge in [0.05, 0.1) is 99.3 Å². The zero-order chi connectivity index (χ0) is 68.6. The van der Waals surface area contributed by atoms with E-state index < -0.39 is 0 Å². The van der Waals surface area contributed by atoms with Crippen molar-refractivity contribution in [2.45, 2.75) is 0 Å². The first-order valence-electron chi connectivity index (χ1n) is 34.4. The molecule has 0 aliphatic rings. The zero-order valence-corrected chi connectivity index (χ0v) is 53.8. The van der Waals surface area contributed by atoms with Crippen LogP contribution in [0, 0.1) is 0 Å². The largest absolute Gasteiger partial charge is 0.244 e. The lowest BCUT2D eigenvalue weighted by atomic mass is 10.1. The van der Waals surface area contributed by atoms with Crippen molar-refractivity contribution in [3.8, 4) is 0 Å². The first-order valence-corrected chi connectivity index (χ1v) is 34.4. The number of aromatic nitrogens is 30. The van der Waals surface area contributed by atoms with Gasteiger partial charge in [0.15, 0.2) is 0 Å². The summed E-state index contributed by atoms with van der Waals surface area (Å²) in [6.45, 7) is 0. The lowest BCUT2D eigenvalue weighted by Gasteiger charge is -2.16. The minimum absolute atomic E-state index is 0.244. The predicted octanol–water partition coefficient (Wildman–Crippen LogP) is 13.1. The summed E-state index contributed by atoms with van der Waals surface area (Å²) in [7, 11) is 0. The van der Waals surface area contributed by atoms with Gasteiger partial charge in [-0.2, -0.15) is 0 Å². The van der Waals surface area contributed by atoms with Crippen molar-refractivity contribution in [1.82, 2.24) is 150 Å². The van der Waals surface area contributed by atoms with Gasteiger partial charge in [0.1, 0.15) is 232 Å². The summed E-state index contributed by atoms with van der Waals surface area (Å²) in [5.41, 5.74) is 25.3. The average molecular weight is 1380 g/mol. The van der Waals surface area contributed by atoms with Crippen molar-refractivity contribution >= 4 is 331 Å². The van der Waals surface area contributed by atoms with Crippen LogP contribution in [-0.4, -0.2) is 150 Å². The minimum atomic E-state index is 0.244. The van der Waals surface area contributed by atoms with Crippen LogP contribution in [0.2, 0.25) is 0 Å². The summed E-state index contributed by atoms with van der Waals surface area (Å²) in [6.07, 6.45) is 0. The maximum absolute atomic E-state index is 5.86. The molecular formula is C78H18N30. The molecule has 0 aliphatic heterocycles. The summed E-state index contributed by atoms with van der Waals surface area (Å²) >= 11 is 0. The molecule has 18 aromatic heterocycles. The summed E-state index contributed by atoms with van der Waals surface area (Å²) < 4.78 is 0. The number of fused-ring (bicyclic) bond motifs is 3. The van der Waals surface area contributed by atoms with Crippen molar-refractivity contribution in [1.29, 1.82) is 0 Å². The number of nitrogens with zero attached hydrogens (tertiary/aromatic N) is 30. The molecule has 13 aromatic carbocycles. The van der Waals surface area contributed by atoms with Gasteiger partial charge in [-0.15, -0.1) is 0 Å². The quantitative estimate of drug-likeness (QED) is 0.100. The van der Waals surface area contributed by atoms with Gasteiger partial charge in [-0.1, -0.05) is 0 Å². The van der Waals surface area contributed by atoms with E-state index in [0.717, 1.165) is 0 Å². The third-order valence-corrected chi connectivity index (χ3v) is 22.2. The van der Waals surface area contributed by atoms with Gasteiger partial charge in [0, 0.05) is 0 Å². The fourth-order valence-corrected chi connectivity index (χ4v) is 17.4. The van der Waals surface area contributed by atoms with Crippen LogP contribution in [-0.2, 0) is 0 Å². The van der Waals surface area contributed by atoms with Crippen LogP contribution in [0.5, 0.6) is 0 Å². The third-order valence-electron chi connectivity index (χ3n) is 22.2. The van der Waals surface area contributed by atoms with Gasteiger partial charge < -0.3 is 0 Å². The molecule has 480 valence electrons. The first kappa shape index (κ1) is 51.1. The van der Waals surface area contributed by atoms with E-state index in [1.54, 1.807) is 0 Å². The van der Waals surface area contributed by atoms with Crippen molar-refractivity contribution < 1.29 is 0 Å². The highest BCUT2D eigenvalue weighted by Gasteiger charge is 2.32. The Morgan fingerprint density at radius 1 is 0.0648 bits per heavy atom. The highest BCUT2D eigenvalue weighted by atomic mass is 15.0. The van der Waals surface area contributed by atoms with E-state index in [1.807, 2.05) is 109 Å². The van der Waals surface area contributed by atoms with Crippen molar-refractivity contribution in [3.63, 3.8) is 0 Å². The van der Waals surface area contributed by atoms with Crippen molar-refractivity contribution in [2.24, 2.45) is 0 Å². The van der Waals surface area contributed by atoms with Crippen LogP contribution in [0.25, 0.3) is 331 Å². The molecule has 0 saturated carbocycles. The molecule has 0 fully saturated rings. The Morgan fingerprint density at radius 3 is 0.231 bits per heavy atom. The molecule has 31 aromatic rings. The zero-order valence-electron chi connectivity index (χ0n) is 53.8. The Labute approximate surface area is 586 Å². The van der Waals surface area contributed by atoms with E-state index in [4.69, 9.17) is 150 Å². The molecule has 0 amide bonds. The highest BCUT2D eigenvalue weighted by molar-refractivity contribution is 6.32. The Morgan fingerprint density at radius 2 is 0.130 bits per heavy atom.